The summed E-state index contributed by atoms with van der Waals surface area (Å²) in [5.74, 6) is 1.43. The summed E-state index contributed by atoms with van der Waals surface area (Å²) >= 11 is 13.0. The number of likely N-dealkylation sites (N-methyl/N-ethyl adjacent to an activating group) is 1. The quantitative estimate of drug-likeness (QED) is 0.410. The van der Waals surface area contributed by atoms with Crippen LogP contribution in [-0.4, -0.2) is 29.5 Å². The lowest BCUT2D eigenvalue weighted by Gasteiger charge is -2.41. The molecule has 3 aliphatic heterocycles. The number of rotatable bonds is 3. The van der Waals surface area contributed by atoms with Crippen molar-refractivity contribution in [2.75, 3.05) is 23.6 Å². The molecule has 0 amide bonds. The van der Waals surface area contributed by atoms with Crippen molar-refractivity contribution >= 4 is 45.9 Å². The van der Waals surface area contributed by atoms with E-state index in [0.29, 0.717) is 15.9 Å². The fourth-order valence-corrected chi connectivity index (χ4v) is 6.01. The molecule has 0 radical (unpaired) electrons. The van der Waals surface area contributed by atoms with Crippen LogP contribution in [-0.2, 0) is 0 Å². The molecule has 3 aromatic rings. The number of ether oxygens (including phenoxy) is 2. The average molecular weight is 519 g/mol. The molecule has 1 fully saturated rings. The van der Waals surface area contributed by atoms with Crippen LogP contribution < -0.4 is 24.6 Å². The number of pyridine rings is 1. The standard InChI is InChI=1S/C28H27ClN4O2S/c1-16-14-28(2,3)32(4)22-13-20(29)19(12-18(16)22)26-25(21-7-5-6-10-30-21)31-27(36)33(26)17-8-9-23-24(11-17)35-15-34-23/h5-14,25-26H,15H2,1-4H3,(H,31,36)/t25-,26+/m1/s1. The summed E-state index contributed by atoms with van der Waals surface area (Å²) in [6.45, 7) is 6.79. The zero-order valence-electron chi connectivity index (χ0n) is 20.6. The largest absolute Gasteiger partial charge is 0.454 e. The maximum Gasteiger partial charge on any atom is 0.231 e. The van der Waals surface area contributed by atoms with Gasteiger partial charge in [-0.15, -0.1) is 0 Å². The van der Waals surface area contributed by atoms with E-state index in [9.17, 15) is 0 Å². The van der Waals surface area contributed by atoms with E-state index in [-0.39, 0.29) is 24.4 Å². The molecule has 1 N–H and O–H groups in total. The van der Waals surface area contributed by atoms with Gasteiger partial charge >= 0.3 is 0 Å². The van der Waals surface area contributed by atoms with Crippen LogP contribution in [0.3, 0.4) is 0 Å². The number of halogens is 1. The van der Waals surface area contributed by atoms with Crippen LogP contribution in [0.4, 0.5) is 11.4 Å². The minimum Gasteiger partial charge on any atom is -0.454 e. The van der Waals surface area contributed by atoms with Crippen LogP contribution in [0.5, 0.6) is 11.5 Å². The van der Waals surface area contributed by atoms with Crippen LogP contribution in [0.15, 0.2) is 60.8 Å². The van der Waals surface area contributed by atoms with Crippen molar-refractivity contribution < 1.29 is 9.47 Å². The fraction of sp³-hybridized carbons (Fsp3) is 0.286. The lowest BCUT2D eigenvalue weighted by atomic mass is 9.86. The summed E-state index contributed by atoms with van der Waals surface area (Å²) in [6, 6.07) is 15.7. The molecule has 1 aromatic heterocycles. The molecule has 0 unspecified atom stereocenters. The van der Waals surface area contributed by atoms with Crippen molar-refractivity contribution in [3.05, 3.63) is 82.6 Å². The van der Waals surface area contributed by atoms with Crippen molar-refractivity contribution in [2.45, 2.75) is 38.4 Å². The Bertz CT molecular complexity index is 1410. The Balaban J connectivity index is 1.53. The van der Waals surface area contributed by atoms with Gasteiger partial charge < -0.3 is 24.6 Å². The monoisotopic (exact) mass is 518 g/mol. The van der Waals surface area contributed by atoms with Gasteiger partial charge in [0, 0.05) is 41.3 Å². The zero-order valence-corrected chi connectivity index (χ0v) is 22.2. The molecule has 6 nitrogen and oxygen atoms in total. The third-order valence-electron chi connectivity index (χ3n) is 7.39. The van der Waals surface area contributed by atoms with Gasteiger partial charge in [-0.1, -0.05) is 23.7 Å². The van der Waals surface area contributed by atoms with E-state index < -0.39 is 0 Å². The second-order valence-electron chi connectivity index (χ2n) is 9.97. The summed E-state index contributed by atoms with van der Waals surface area (Å²) in [4.78, 5) is 9.05. The lowest BCUT2D eigenvalue weighted by molar-refractivity contribution is 0.174. The topological polar surface area (TPSA) is 49.9 Å². The summed E-state index contributed by atoms with van der Waals surface area (Å²) in [7, 11) is 2.11. The Labute approximate surface area is 221 Å². The van der Waals surface area contributed by atoms with Gasteiger partial charge in [0.25, 0.3) is 0 Å². The molecular formula is C28H27ClN4O2S. The van der Waals surface area contributed by atoms with E-state index >= 15 is 0 Å². The highest BCUT2D eigenvalue weighted by Crippen LogP contribution is 2.49. The first-order valence-electron chi connectivity index (χ1n) is 11.9. The smallest absolute Gasteiger partial charge is 0.231 e. The molecule has 36 heavy (non-hydrogen) atoms. The second-order valence-corrected chi connectivity index (χ2v) is 10.8. The summed E-state index contributed by atoms with van der Waals surface area (Å²) < 4.78 is 11.2. The minimum absolute atomic E-state index is 0.104. The highest BCUT2D eigenvalue weighted by atomic mass is 35.5. The van der Waals surface area contributed by atoms with E-state index in [2.05, 4.69) is 66.1 Å². The molecular weight excluding hydrogens is 492 g/mol. The van der Waals surface area contributed by atoms with Gasteiger partial charge in [0.15, 0.2) is 16.6 Å². The van der Waals surface area contributed by atoms with Crippen LogP contribution in [0, 0.1) is 0 Å². The SMILES string of the molecule is CC1=CC(C)(C)N(C)c2cc(Cl)c([C@H]3[C@@H](c4ccccn4)NC(=S)N3c3ccc4c(c3)OCO4)cc21. The third-order valence-corrected chi connectivity index (χ3v) is 8.03. The van der Waals surface area contributed by atoms with Crippen LogP contribution in [0.25, 0.3) is 5.57 Å². The summed E-state index contributed by atoms with van der Waals surface area (Å²) in [5.41, 5.74) is 6.19. The van der Waals surface area contributed by atoms with E-state index in [0.717, 1.165) is 28.4 Å². The van der Waals surface area contributed by atoms with Gasteiger partial charge in [-0.05, 0) is 80.5 Å². The molecule has 0 bridgehead atoms. The first-order chi connectivity index (χ1) is 17.2. The number of thiocarbonyl (C=S) groups is 1. The Morgan fingerprint density at radius 2 is 1.92 bits per heavy atom. The molecule has 2 aromatic carbocycles. The van der Waals surface area contributed by atoms with Crippen molar-refractivity contribution in [1.29, 1.82) is 0 Å². The van der Waals surface area contributed by atoms with Gasteiger partial charge in [0.1, 0.15) is 0 Å². The Hall–Kier alpha value is -3.29. The molecule has 3 aliphatic rings. The number of nitrogens with one attached hydrogen (secondary N) is 1. The first kappa shape index (κ1) is 23.1. The predicted octanol–water partition coefficient (Wildman–Crippen LogP) is 6.27. The first-order valence-corrected chi connectivity index (χ1v) is 12.7. The molecule has 1 saturated heterocycles. The molecule has 0 saturated carbocycles. The Morgan fingerprint density at radius 1 is 1.11 bits per heavy atom. The maximum absolute atomic E-state index is 7.09. The zero-order chi connectivity index (χ0) is 25.2. The lowest BCUT2D eigenvalue weighted by Crippen LogP contribution is -2.42. The number of hydrogen-bond acceptors (Lipinski definition) is 5. The number of hydrogen-bond donors (Lipinski definition) is 1. The number of nitrogens with zero attached hydrogens (tertiary/aromatic N) is 3. The minimum atomic E-state index is -0.224. The van der Waals surface area contributed by atoms with Crippen LogP contribution in [0.2, 0.25) is 5.02 Å². The Morgan fingerprint density at radius 3 is 2.69 bits per heavy atom. The predicted molar refractivity (Wildman–Crippen MR) is 148 cm³/mol. The van der Waals surface area contributed by atoms with E-state index in [4.69, 9.17) is 33.3 Å². The highest BCUT2D eigenvalue weighted by molar-refractivity contribution is 7.80. The second kappa shape index (κ2) is 8.39. The molecule has 0 aliphatic carbocycles. The van der Waals surface area contributed by atoms with Gasteiger partial charge in [-0.25, -0.2) is 0 Å². The molecule has 8 heteroatoms. The molecule has 0 spiro atoms. The summed E-state index contributed by atoms with van der Waals surface area (Å²) in [5, 5.41) is 4.81. The maximum atomic E-state index is 7.09. The summed E-state index contributed by atoms with van der Waals surface area (Å²) in [6.07, 6.45) is 4.11. The van der Waals surface area contributed by atoms with Crippen LogP contribution >= 0.6 is 23.8 Å². The molecule has 4 heterocycles. The molecule has 2 atom stereocenters. The van der Waals surface area contributed by atoms with E-state index in [1.165, 1.54) is 11.1 Å². The number of benzene rings is 2. The number of allylic oxidation sites excluding steroid dienone is 1. The van der Waals surface area contributed by atoms with Crippen molar-refractivity contribution in [3.8, 4) is 11.5 Å². The van der Waals surface area contributed by atoms with Gasteiger partial charge in [0.2, 0.25) is 6.79 Å². The fourth-order valence-electron chi connectivity index (χ4n) is 5.40. The average Bonchev–Trinajstić information content (AvgIpc) is 3.46. The van der Waals surface area contributed by atoms with E-state index in [1.807, 2.05) is 36.4 Å². The van der Waals surface area contributed by atoms with Crippen LogP contribution in [0.1, 0.15) is 49.7 Å². The molecule has 6 rings (SSSR count). The number of anilines is 2. The number of aromatic nitrogens is 1. The van der Waals surface area contributed by atoms with Gasteiger partial charge in [-0.3, -0.25) is 4.98 Å². The molecule has 184 valence electrons. The van der Waals surface area contributed by atoms with E-state index in [1.54, 1.807) is 6.20 Å². The van der Waals surface area contributed by atoms with Crippen molar-refractivity contribution in [1.82, 2.24) is 10.3 Å². The normalized spacial score (nSPS) is 21.8. The van der Waals surface area contributed by atoms with Gasteiger partial charge in [0.05, 0.1) is 23.3 Å². The van der Waals surface area contributed by atoms with Gasteiger partial charge in [-0.2, -0.15) is 0 Å². The third kappa shape index (κ3) is 3.61. The Kier molecular flexibility index (Phi) is 5.39. The van der Waals surface area contributed by atoms with Crippen molar-refractivity contribution in [3.63, 3.8) is 0 Å². The number of fused-ring (bicyclic) bond motifs is 2. The highest BCUT2D eigenvalue weighted by Gasteiger charge is 2.43. The van der Waals surface area contributed by atoms with Crippen molar-refractivity contribution in [2.24, 2.45) is 0 Å².